The summed E-state index contributed by atoms with van der Waals surface area (Å²) in [5.41, 5.74) is 6.44. The highest BCUT2D eigenvalue weighted by molar-refractivity contribution is 6.31. The standard InChI is InChI=1S/C14H18ClN3O2/c15-10-3-4-12(16)11(9-10)14(20)17-6-5-13(19)18-7-1-2-8-18/h3-4,9H,1-2,5-8,16H2,(H,17,20). The summed E-state index contributed by atoms with van der Waals surface area (Å²) in [6, 6.07) is 4.74. The topological polar surface area (TPSA) is 75.4 Å². The summed E-state index contributed by atoms with van der Waals surface area (Å²) >= 11 is 5.84. The van der Waals surface area contributed by atoms with E-state index in [2.05, 4.69) is 5.32 Å². The number of hydrogen-bond acceptors (Lipinski definition) is 3. The highest BCUT2D eigenvalue weighted by atomic mass is 35.5. The lowest BCUT2D eigenvalue weighted by molar-refractivity contribution is -0.129. The van der Waals surface area contributed by atoms with Gasteiger partial charge in [-0.15, -0.1) is 0 Å². The second-order valence-electron chi connectivity index (χ2n) is 4.83. The molecule has 0 aromatic heterocycles. The number of benzene rings is 1. The second kappa shape index (κ2) is 6.61. The number of anilines is 1. The third-order valence-corrected chi connectivity index (χ3v) is 3.58. The molecule has 1 aromatic rings. The van der Waals surface area contributed by atoms with Crippen LogP contribution < -0.4 is 11.1 Å². The number of nitrogens with one attached hydrogen (secondary N) is 1. The van der Waals surface area contributed by atoms with Crippen LogP contribution in [0, 0.1) is 0 Å². The van der Waals surface area contributed by atoms with Crippen LogP contribution in [0.1, 0.15) is 29.6 Å². The molecule has 1 aromatic carbocycles. The van der Waals surface area contributed by atoms with Crippen LogP contribution in [0.4, 0.5) is 5.69 Å². The van der Waals surface area contributed by atoms with E-state index in [0.717, 1.165) is 25.9 Å². The van der Waals surface area contributed by atoms with Gasteiger partial charge < -0.3 is 16.0 Å². The molecule has 0 spiro atoms. The fourth-order valence-corrected chi connectivity index (χ4v) is 2.40. The van der Waals surface area contributed by atoms with Gasteiger partial charge in [0.1, 0.15) is 0 Å². The summed E-state index contributed by atoms with van der Waals surface area (Å²) in [5.74, 6) is -0.221. The van der Waals surface area contributed by atoms with E-state index < -0.39 is 0 Å². The zero-order valence-electron chi connectivity index (χ0n) is 11.2. The molecule has 2 rings (SSSR count). The predicted octanol–water partition coefficient (Wildman–Crippen LogP) is 1.66. The third-order valence-electron chi connectivity index (χ3n) is 3.34. The van der Waals surface area contributed by atoms with Gasteiger partial charge in [-0.1, -0.05) is 11.6 Å². The zero-order valence-corrected chi connectivity index (χ0v) is 11.9. The molecular weight excluding hydrogens is 278 g/mol. The van der Waals surface area contributed by atoms with Gasteiger partial charge in [0.25, 0.3) is 5.91 Å². The Kier molecular flexibility index (Phi) is 4.84. The Morgan fingerprint density at radius 1 is 1.30 bits per heavy atom. The Bertz CT molecular complexity index is 513. The number of amides is 2. The molecule has 6 heteroatoms. The first-order valence-corrected chi connectivity index (χ1v) is 7.07. The Balaban J connectivity index is 1.83. The number of nitrogen functional groups attached to an aromatic ring is 1. The fourth-order valence-electron chi connectivity index (χ4n) is 2.23. The number of hydrogen-bond donors (Lipinski definition) is 2. The average molecular weight is 296 g/mol. The number of carbonyl (C=O) groups excluding carboxylic acids is 2. The van der Waals surface area contributed by atoms with E-state index in [9.17, 15) is 9.59 Å². The monoisotopic (exact) mass is 295 g/mol. The number of halogens is 1. The summed E-state index contributed by atoms with van der Waals surface area (Å²) in [6.07, 6.45) is 2.44. The lowest BCUT2D eigenvalue weighted by Crippen LogP contribution is -2.32. The number of nitrogens with two attached hydrogens (primary N) is 1. The molecule has 0 bridgehead atoms. The van der Waals surface area contributed by atoms with Crippen LogP contribution in [0.5, 0.6) is 0 Å². The van der Waals surface area contributed by atoms with Crippen LogP contribution in [0.25, 0.3) is 0 Å². The Labute approximate surface area is 123 Å². The number of nitrogens with zero attached hydrogens (tertiary/aromatic N) is 1. The highest BCUT2D eigenvalue weighted by Gasteiger charge is 2.17. The van der Waals surface area contributed by atoms with Crippen molar-refractivity contribution in [1.82, 2.24) is 10.2 Å². The first-order valence-electron chi connectivity index (χ1n) is 6.69. The van der Waals surface area contributed by atoms with Crippen molar-refractivity contribution >= 4 is 29.1 Å². The maximum absolute atomic E-state index is 11.9. The molecule has 1 saturated heterocycles. The number of carbonyl (C=O) groups is 2. The van der Waals surface area contributed by atoms with Crippen molar-refractivity contribution in [3.8, 4) is 0 Å². The van der Waals surface area contributed by atoms with Crippen molar-refractivity contribution in [2.24, 2.45) is 0 Å². The summed E-state index contributed by atoms with van der Waals surface area (Å²) in [6.45, 7) is 1.96. The molecule has 5 nitrogen and oxygen atoms in total. The van der Waals surface area contributed by atoms with Crippen molar-refractivity contribution in [3.05, 3.63) is 28.8 Å². The molecule has 108 valence electrons. The fraction of sp³-hybridized carbons (Fsp3) is 0.429. The zero-order chi connectivity index (χ0) is 14.5. The maximum atomic E-state index is 11.9. The molecule has 1 fully saturated rings. The van der Waals surface area contributed by atoms with Gasteiger partial charge in [0, 0.05) is 36.8 Å². The molecule has 0 radical (unpaired) electrons. The molecule has 0 unspecified atom stereocenters. The van der Waals surface area contributed by atoms with Gasteiger partial charge in [-0.25, -0.2) is 0 Å². The number of rotatable bonds is 4. The predicted molar refractivity (Wildman–Crippen MR) is 78.6 cm³/mol. The summed E-state index contributed by atoms with van der Waals surface area (Å²) in [4.78, 5) is 25.6. The van der Waals surface area contributed by atoms with Crippen LogP contribution in [0.15, 0.2) is 18.2 Å². The van der Waals surface area contributed by atoms with Crippen LogP contribution >= 0.6 is 11.6 Å². The molecule has 0 saturated carbocycles. The Morgan fingerprint density at radius 2 is 2.00 bits per heavy atom. The summed E-state index contributed by atoms with van der Waals surface area (Å²) in [5, 5.41) is 3.15. The summed E-state index contributed by atoms with van der Waals surface area (Å²) in [7, 11) is 0. The highest BCUT2D eigenvalue weighted by Crippen LogP contribution is 2.17. The van der Waals surface area contributed by atoms with E-state index in [1.807, 2.05) is 4.90 Å². The number of likely N-dealkylation sites (tertiary alicyclic amines) is 1. The van der Waals surface area contributed by atoms with Crippen molar-refractivity contribution < 1.29 is 9.59 Å². The molecule has 0 aliphatic carbocycles. The minimum Gasteiger partial charge on any atom is -0.398 e. The van der Waals surface area contributed by atoms with E-state index in [1.54, 1.807) is 12.1 Å². The van der Waals surface area contributed by atoms with Gasteiger partial charge in [-0.2, -0.15) is 0 Å². The maximum Gasteiger partial charge on any atom is 0.253 e. The first kappa shape index (κ1) is 14.7. The van der Waals surface area contributed by atoms with E-state index in [1.165, 1.54) is 6.07 Å². The third kappa shape index (κ3) is 3.63. The average Bonchev–Trinajstić information content (AvgIpc) is 2.95. The molecule has 0 atom stereocenters. The first-order chi connectivity index (χ1) is 9.58. The largest absolute Gasteiger partial charge is 0.398 e. The van der Waals surface area contributed by atoms with Crippen LogP contribution in [0.3, 0.4) is 0 Å². The minimum atomic E-state index is -0.306. The smallest absolute Gasteiger partial charge is 0.253 e. The van der Waals surface area contributed by atoms with Crippen molar-refractivity contribution in [1.29, 1.82) is 0 Å². The molecule has 3 N–H and O–H groups in total. The molecule has 1 heterocycles. The Morgan fingerprint density at radius 3 is 2.70 bits per heavy atom. The SMILES string of the molecule is Nc1ccc(Cl)cc1C(=O)NCCC(=O)N1CCCC1. The molecule has 20 heavy (non-hydrogen) atoms. The second-order valence-corrected chi connectivity index (χ2v) is 5.26. The normalized spacial score (nSPS) is 14.3. The van der Waals surface area contributed by atoms with Crippen molar-refractivity contribution in [2.45, 2.75) is 19.3 Å². The van der Waals surface area contributed by atoms with Crippen molar-refractivity contribution in [3.63, 3.8) is 0 Å². The summed E-state index contributed by atoms with van der Waals surface area (Å²) < 4.78 is 0. The van der Waals surface area contributed by atoms with Gasteiger partial charge in [0.2, 0.25) is 5.91 Å². The molecular formula is C14H18ClN3O2. The lowest BCUT2D eigenvalue weighted by Gasteiger charge is -2.15. The molecule has 1 aliphatic rings. The lowest BCUT2D eigenvalue weighted by atomic mass is 10.1. The van der Waals surface area contributed by atoms with E-state index >= 15 is 0 Å². The van der Waals surface area contributed by atoms with E-state index in [4.69, 9.17) is 17.3 Å². The van der Waals surface area contributed by atoms with Gasteiger partial charge in [-0.3, -0.25) is 9.59 Å². The molecule has 2 amide bonds. The molecule has 1 aliphatic heterocycles. The van der Waals surface area contributed by atoms with Crippen LogP contribution in [0.2, 0.25) is 5.02 Å². The van der Waals surface area contributed by atoms with Gasteiger partial charge in [-0.05, 0) is 31.0 Å². The van der Waals surface area contributed by atoms with E-state index in [0.29, 0.717) is 29.2 Å². The van der Waals surface area contributed by atoms with E-state index in [-0.39, 0.29) is 11.8 Å². The van der Waals surface area contributed by atoms with Gasteiger partial charge in [0.15, 0.2) is 0 Å². The van der Waals surface area contributed by atoms with Crippen LogP contribution in [-0.2, 0) is 4.79 Å². The Hall–Kier alpha value is -1.75. The van der Waals surface area contributed by atoms with Gasteiger partial charge >= 0.3 is 0 Å². The minimum absolute atomic E-state index is 0.0851. The van der Waals surface area contributed by atoms with Gasteiger partial charge in [0.05, 0.1) is 5.56 Å². The van der Waals surface area contributed by atoms with Crippen molar-refractivity contribution in [2.75, 3.05) is 25.4 Å². The quantitative estimate of drug-likeness (QED) is 0.830. The van der Waals surface area contributed by atoms with Crippen LogP contribution in [-0.4, -0.2) is 36.3 Å².